The summed E-state index contributed by atoms with van der Waals surface area (Å²) < 4.78 is 3.95. The van der Waals surface area contributed by atoms with Crippen LogP contribution >= 0.6 is 34.5 Å². The van der Waals surface area contributed by atoms with Gasteiger partial charge in [0.2, 0.25) is 5.91 Å². The van der Waals surface area contributed by atoms with Gasteiger partial charge in [-0.15, -0.1) is 11.3 Å². The highest BCUT2D eigenvalue weighted by Gasteiger charge is 2.37. The molecule has 0 bridgehead atoms. The van der Waals surface area contributed by atoms with E-state index < -0.39 is 17.9 Å². The molecule has 1 unspecified atom stereocenters. The topological polar surface area (TPSA) is 131 Å². The minimum atomic E-state index is -0.946. The SMILES string of the molecule is NC(=O)c1nsc(C(=O)N(c2ccc(Cl)cc2)C(C(=O)NC2CCCC2)c2cccs2)c1N. The first-order valence-electron chi connectivity index (χ1n) is 10.3. The molecule has 1 aliphatic rings. The van der Waals surface area contributed by atoms with Crippen molar-refractivity contribution in [3.63, 3.8) is 0 Å². The lowest BCUT2D eigenvalue weighted by molar-refractivity contribution is -0.123. The summed E-state index contributed by atoms with van der Waals surface area (Å²) in [6.45, 7) is 0. The number of halogens is 1. The molecule has 2 aromatic heterocycles. The van der Waals surface area contributed by atoms with Crippen LogP contribution in [0.5, 0.6) is 0 Å². The zero-order valence-corrected chi connectivity index (χ0v) is 19.9. The van der Waals surface area contributed by atoms with E-state index in [0.29, 0.717) is 15.6 Å². The van der Waals surface area contributed by atoms with Crippen LogP contribution in [-0.2, 0) is 4.79 Å². The van der Waals surface area contributed by atoms with Crippen LogP contribution in [0.1, 0.15) is 56.8 Å². The Morgan fingerprint density at radius 3 is 2.42 bits per heavy atom. The van der Waals surface area contributed by atoms with Crippen LogP contribution in [0.25, 0.3) is 0 Å². The molecule has 0 spiro atoms. The summed E-state index contributed by atoms with van der Waals surface area (Å²) in [5.41, 5.74) is 11.6. The molecule has 3 aromatic rings. The average Bonchev–Trinajstić information content (AvgIpc) is 3.54. The zero-order chi connectivity index (χ0) is 23.5. The highest BCUT2D eigenvalue weighted by molar-refractivity contribution is 7.10. The third-order valence-corrected chi connectivity index (χ3v) is 7.53. The lowest BCUT2D eigenvalue weighted by atomic mass is 10.1. The summed E-state index contributed by atoms with van der Waals surface area (Å²) in [6.07, 6.45) is 3.92. The van der Waals surface area contributed by atoms with E-state index in [0.717, 1.165) is 37.2 Å². The Labute approximate surface area is 203 Å². The van der Waals surface area contributed by atoms with Gasteiger partial charge in [0.15, 0.2) is 11.7 Å². The molecule has 5 N–H and O–H groups in total. The summed E-state index contributed by atoms with van der Waals surface area (Å²) in [5.74, 6) is -1.67. The van der Waals surface area contributed by atoms with Gasteiger partial charge in [-0.25, -0.2) is 0 Å². The Kier molecular flexibility index (Phi) is 6.96. The molecule has 1 fully saturated rings. The number of aromatic nitrogens is 1. The number of benzene rings is 1. The maximum atomic E-state index is 13.8. The number of primary amides is 1. The van der Waals surface area contributed by atoms with Crippen molar-refractivity contribution < 1.29 is 14.4 Å². The van der Waals surface area contributed by atoms with E-state index >= 15 is 0 Å². The molecule has 8 nitrogen and oxygen atoms in total. The average molecular weight is 504 g/mol. The van der Waals surface area contributed by atoms with E-state index in [2.05, 4.69) is 9.69 Å². The number of nitrogens with one attached hydrogen (secondary N) is 1. The number of nitrogens with two attached hydrogens (primary N) is 2. The second-order valence-electron chi connectivity index (χ2n) is 7.70. The Hall–Kier alpha value is -2.95. The lowest BCUT2D eigenvalue weighted by Gasteiger charge is -2.31. The van der Waals surface area contributed by atoms with E-state index in [1.807, 2.05) is 17.5 Å². The van der Waals surface area contributed by atoms with Crippen LogP contribution in [0.15, 0.2) is 41.8 Å². The highest BCUT2D eigenvalue weighted by Crippen LogP contribution is 2.35. The number of nitrogen functional groups attached to an aromatic ring is 1. The fourth-order valence-corrected chi connectivity index (χ4v) is 5.58. The minimum Gasteiger partial charge on any atom is -0.395 e. The molecule has 0 aliphatic heterocycles. The number of amides is 3. The van der Waals surface area contributed by atoms with Crippen LogP contribution in [0.4, 0.5) is 11.4 Å². The monoisotopic (exact) mass is 503 g/mol. The number of anilines is 2. The van der Waals surface area contributed by atoms with Crippen molar-refractivity contribution in [3.8, 4) is 0 Å². The molecule has 172 valence electrons. The van der Waals surface area contributed by atoms with Crippen molar-refractivity contribution in [2.75, 3.05) is 10.6 Å². The molecule has 1 aromatic carbocycles. The highest BCUT2D eigenvalue weighted by atomic mass is 35.5. The van der Waals surface area contributed by atoms with Crippen LogP contribution in [0.2, 0.25) is 5.02 Å². The van der Waals surface area contributed by atoms with Gasteiger partial charge < -0.3 is 16.8 Å². The van der Waals surface area contributed by atoms with E-state index in [4.69, 9.17) is 23.1 Å². The van der Waals surface area contributed by atoms with Crippen molar-refractivity contribution in [1.29, 1.82) is 0 Å². The van der Waals surface area contributed by atoms with Gasteiger partial charge in [-0.3, -0.25) is 19.3 Å². The van der Waals surface area contributed by atoms with E-state index in [9.17, 15) is 14.4 Å². The van der Waals surface area contributed by atoms with Gasteiger partial charge in [-0.1, -0.05) is 30.5 Å². The lowest BCUT2D eigenvalue weighted by Crippen LogP contribution is -2.46. The summed E-state index contributed by atoms with van der Waals surface area (Å²) in [4.78, 5) is 41.1. The maximum absolute atomic E-state index is 13.8. The summed E-state index contributed by atoms with van der Waals surface area (Å²) in [5, 5.41) is 5.44. The van der Waals surface area contributed by atoms with Crippen molar-refractivity contribution in [3.05, 3.63) is 62.2 Å². The first-order chi connectivity index (χ1) is 15.9. The Morgan fingerprint density at radius 2 is 1.85 bits per heavy atom. The molecule has 2 heterocycles. The van der Waals surface area contributed by atoms with Crippen molar-refractivity contribution >= 4 is 63.6 Å². The number of carbonyl (C=O) groups excluding carboxylic acids is 3. The van der Waals surface area contributed by atoms with Gasteiger partial charge in [0, 0.05) is 21.6 Å². The molecule has 0 radical (unpaired) electrons. The summed E-state index contributed by atoms with van der Waals surface area (Å²) in [6, 6.07) is 9.36. The van der Waals surface area contributed by atoms with Gasteiger partial charge in [-0.05, 0) is 60.1 Å². The molecule has 1 aliphatic carbocycles. The Bertz CT molecular complexity index is 1160. The fourth-order valence-electron chi connectivity index (χ4n) is 3.89. The fraction of sp³-hybridized carbons (Fsp3) is 0.273. The quantitative estimate of drug-likeness (QED) is 0.448. The van der Waals surface area contributed by atoms with E-state index in [-0.39, 0.29) is 28.2 Å². The molecule has 4 rings (SSSR count). The number of hydrogen-bond acceptors (Lipinski definition) is 7. The number of thiophene rings is 1. The molecule has 33 heavy (non-hydrogen) atoms. The second kappa shape index (κ2) is 9.90. The number of carbonyl (C=O) groups is 3. The summed E-state index contributed by atoms with van der Waals surface area (Å²) >= 11 is 8.22. The second-order valence-corrected chi connectivity index (χ2v) is 9.89. The molecule has 1 atom stereocenters. The molecule has 1 saturated carbocycles. The summed E-state index contributed by atoms with van der Waals surface area (Å²) in [7, 11) is 0. The number of rotatable bonds is 7. The van der Waals surface area contributed by atoms with Crippen molar-refractivity contribution in [1.82, 2.24) is 9.69 Å². The van der Waals surface area contributed by atoms with E-state index in [1.165, 1.54) is 16.2 Å². The molecule has 11 heteroatoms. The first-order valence-corrected chi connectivity index (χ1v) is 12.4. The van der Waals surface area contributed by atoms with Crippen LogP contribution in [-0.4, -0.2) is 28.1 Å². The molecule has 0 saturated heterocycles. The minimum absolute atomic E-state index is 0.0361. The zero-order valence-electron chi connectivity index (χ0n) is 17.5. The largest absolute Gasteiger partial charge is 0.395 e. The normalized spacial score (nSPS) is 14.7. The molecule has 3 amide bonds. The van der Waals surface area contributed by atoms with Gasteiger partial charge in [0.05, 0.1) is 5.69 Å². The van der Waals surface area contributed by atoms with Crippen molar-refractivity contribution in [2.24, 2.45) is 5.73 Å². The van der Waals surface area contributed by atoms with Crippen LogP contribution in [0.3, 0.4) is 0 Å². The van der Waals surface area contributed by atoms with E-state index in [1.54, 1.807) is 24.3 Å². The molecular weight excluding hydrogens is 482 g/mol. The smallest absolute Gasteiger partial charge is 0.273 e. The number of nitrogens with zero attached hydrogens (tertiary/aromatic N) is 2. The van der Waals surface area contributed by atoms with Gasteiger partial charge in [0.1, 0.15) is 4.88 Å². The predicted molar refractivity (Wildman–Crippen MR) is 131 cm³/mol. The first kappa shape index (κ1) is 23.2. The third kappa shape index (κ3) is 4.87. The Balaban J connectivity index is 1.80. The van der Waals surface area contributed by atoms with Gasteiger partial charge in [-0.2, -0.15) is 4.37 Å². The van der Waals surface area contributed by atoms with Gasteiger partial charge in [0.25, 0.3) is 11.8 Å². The third-order valence-electron chi connectivity index (χ3n) is 5.50. The maximum Gasteiger partial charge on any atom is 0.273 e. The standard InChI is InChI=1S/C22H22ClN5O3S2/c23-12-7-9-14(10-8-12)28(22(31)19-16(24)17(20(25)29)27-33-19)18(15-6-3-11-32-15)21(30)26-13-4-1-2-5-13/h3,6-11,13,18H,1-2,4-5,24H2,(H2,25,29)(H,26,30). The van der Waals surface area contributed by atoms with Crippen LogP contribution < -0.4 is 21.7 Å². The predicted octanol–water partition coefficient (Wildman–Crippen LogP) is 3.99. The Morgan fingerprint density at radius 1 is 1.15 bits per heavy atom. The molecular formula is C22H22ClN5O3S2. The van der Waals surface area contributed by atoms with Crippen LogP contribution in [0, 0.1) is 0 Å². The van der Waals surface area contributed by atoms with Crippen molar-refractivity contribution in [2.45, 2.75) is 37.8 Å². The number of hydrogen-bond donors (Lipinski definition) is 3. The van der Waals surface area contributed by atoms with Gasteiger partial charge >= 0.3 is 0 Å².